The van der Waals surface area contributed by atoms with Crippen LogP contribution >= 0.6 is 0 Å². The Balaban J connectivity index is 0. The fraction of sp³-hybridized carbons (Fsp3) is 1.00. The molecule has 0 aromatic rings. The van der Waals surface area contributed by atoms with Crippen LogP contribution in [0.3, 0.4) is 0 Å². The van der Waals surface area contributed by atoms with Gasteiger partial charge in [-0.15, -0.1) is 0 Å². The molecule has 4 nitrogen and oxygen atoms in total. The van der Waals surface area contributed by atoms with Gasteiger partial charge in [0.1, 0.15) is 0 Å². The predicted molar refractivity (Wildman–Crippen MR) is 63.2 cm³/mol. The van der Waals surface area contributed by atoms with Crippen LogP contribution in [0, 0.1) is 0 Å². The molecule has 0 spiro atoms. The molecule has 0 aromatic carbocycles. The molecule has 0 saturated heterocycles. The Hall–Kier alpha value is 1.51. The Morgan fingerprint density at radius 1 is 1.06 bits per heavy atom. The maximum absolute atomic E-state index is 11.0. The first-order chi connectivity index (χ1) is 7.52. The zero-order valence-corrected chi connectivity index (χ0v) is 15.0. The number of hydrogen-bond acceptors (Lipinski definition) is 4. The molecule has 0 rings (SSSR count). The predicted octanol–water partition coefficient (Wildman–Crippen LogP) is -0.963. The summed E-state index contributed by atoms with van der Waals surface area (Å²) in [4.78, 5) is 0. The second kappa shape index (κ2) is 12.5. The van der Waals surface area contributed by atoms with Crippen molar-refractivity contribution in [3.05, 3.63) is 0 Å². The number of aliphatic hydroxyl groups excluding tert-OH is 1. The number of hydrogen-bond donors (Lipinski definition) is 1. The molecule has 0 radical (unpaired) electrons. The van der Waals surface area contributed by atoms with E-state index in [0.29, 0.717) is 25.7 Å². The molecule has 1 N–H and O–H groups in total. The maximum atomic E-state index is 11.0. The van der Waals surface area contributed by atoms with Crippen molar-refractivity contribution in [3.63, 3.8) is 0 Å². The van der Waals surface area contributed by atoms with E-state index in [2.05, 4.69) is 6.92 Å². The van der Waals surface area contributed by atoms with Gasteiger partial charge in [-0.05, 0) is 25.7 Å². The third-order valence-electron chi connectivity index (χ3n) is 2.72. The van der Waals surface area contributed by atoms with E-state index >= 15 is 0 Å². The molecule has 1 atom stereocenters. The van der Waals surface area contributed by atoms with Gasteiger partial charge < -0.3 is 9.66 Å². The monoisotopic (exact) mass is 290 g/mol. The van der Waals surface area contributed by atoms with Gasteiger partial charge in [-0.2, -0.15) is 0 Å². The zero-order valence-electron chi connectivity index (χ0n) is 11.0. The largest absolute Gasteiger partial charge is 1.00 e. The van der Waals surface area contributed by atoms with Crippen LogP contribution in [0.1, 0.15) is 58.3 Å². The van der Waals surface area contributed by atoms with Crippen LogP contribution in [-0.2, 0) is 10.1 Å². The quantitative estimate of drug-likeness (QED) is 0.319. The Kier molecular flexibility index (Phi) is 15.3. The normalized spacial score (nSPS) is 13.1. The molecule has 0 saturated carbocycles. The summed E-state index contributed by atoms with van der Waals surface area (Å²) in [6.07, 6.45) is 6.01. The summed E-state index contributed by atoms with van der Waals surface area (Å²) in [5, 5.41) is 7.85. The average Bonchev–Trinajstić information content (AvgIpc) is 2.20. The maximum Gasteiger partial charge on any atom is 1.00 e. The van der Waals surface area contributed by atoms with Gasteiger partial charge in [0.05, 0.1) is 10.1 Å². The molecule has 98 valence electrons. The smallest absolute Gasteiger partial charge is 0.748 e. The Morgan fingerprint density at radius 2 is 1.59 bits per heavy atom. The first-order valence-corrected chi connectivity index (χ1v) is 7.55. The second-order valence-corrected chi connectivity index (χ2v) is 5.84. The number of aliphatic hydroxyl groups is 1. The fourth-order valence-corrected chi connectivity index (χ4v) is 2.63. The molecule has 17 heavy (non-hydrogen) atoms. The minimum absolute atomic E-state index is 0. The number of unbranched alkanes of at least 4 members (excludes halogenated alkanes) is 4. The fourth-order valence-electron chi connectivity index (χ4n) is 1.72. The topological polar surface area (TPSA) is 77.4 Å². The van der Waals surface area contributed by atoms with Crippen LogP contribution in [0.4, 0.5) is 0 Å². The van der Waals surface area contributed by atoms with Gasteiger partial charge in [0.15, 0.2) is 0 Å². The molecule has 6 heteroatoms. The summed E-state index contributed by atoms with van der Waals surface area (Å²) in [7, 11) is -4.16. The zero-order chi connectivity index (χ0) is 12.4. The molecule has 0 aliphatic rings. The van der Waals surface area contributed by atoms with Gasteiger partial charge in [-0.1, -0.05) is 32.6 Å². The van der Waals surface area contributed by atoms with E-state index in [4.69, 9.17) is 5.11 Å². The summed E-state index contributed by atoms with van der Waals surface area (Å²) < 4.78 is 32.9. The SMILES string of the molecule is CCCCCCC(CCCCO)S(=O)(=O)[O-].[K+]. The van der Waals surface area contributed by atoms with E-state index in [-0.39, 0.29) is 58.0 Å². The van der Waals surface area contributed by atoms with Gasteiger partial charge in [0.2, 0.25) is 0 Å². The van der Waals surface area contributed by atoms with Gasteiger partial charge in [0, 0.05) is 11.9 Å². The van der Waals surface area contributed by atoms with E-state index < -0.39 is 15.4 Å². The minimum Gasteiger partial charge on any atom is -0.748 e. The summed E-state index contributed by atoms with van der Waals surface area (Å²) in [6.45, 7) is 2.14. The average molecular weight is 290 g/mol. The number of rotatable bonds is 10. The molecule has 0 aliphatic carbocycles. The van der Waals surface area contributed by atoms with E-state index in [1.807, 2.05) is 0 Å². The second-order valence-electron chi connectivity index (χ2n) is 4.18. The van der Waals surface area contributed by atoms with E-state index in [1.165, 1.54) is 0 Å². The van der Waals surface area contributed by atoms with Crippen LogP contribution < -0.4 is 51.4 Å². The van der Waals surface area contributed by atoms with Crippen LogP contribution in [0.2, 0.25) is 0 Å². The molecule has 0 bridgehead atoms. The molecule has 0 heterocycles. The molecule has 0 aromatic heterocycles. The van der Waals surface area contributed by atoms with Crippen molar-refractivity contribution >= 4 is 10.1 Å². The summed E-state index contributed by atoms with van der Waals surface area (Å²) in [6, 6.07) is 0. The third kappa shape index (κ3) is 12.3. The Labute approximate surface area is 148 Å². The van der Waals surface area contributed by atoms with Gasteiger partial charge in [-0.3, -0.25) is 0 Å². The molecule has 0 fully saturated rings. The molecular weight excluding hydrogens is 267 g/mol. The van der Waals surface area contributed by atoms with Crippen LogP contribution in [0.15, 0.2) is 0 Å². The van der Waals surface area contributed by atoms with Crippen molar-refractivity contribution in [1.29, 1.82) is 0 Å². The van der Waals surface area contributed by atoms with Crippen molar-refractivity contribution in [1.82, 2.24) is 0 Å². The van der Waals surface area contributed by atoms with E-state index in [9.17, 15) is 13.0 Å². The molecule has 0 amide bonds. The summed E-state index contributed by atoms with van der Waals surface area (Å²) >= 11 is 0. The standard InChI is InChI=1S/C11H24O4S.K/c1-2-3-4-5-8-11(16(13,14)15)9-6-7-10-12;/h11-12H,2-10H2,1H3,(H,13,14,15);/q;+1/p-1. The van der Waals surface area contributed by atoms with Crippen LogP contribution in [0.5, 0.6) is 0 Å². The first kappa shape index (κ1) is 20.8. The minimum atomic E-state index is -4.16. The van der Waals surface area contributed by atoms with Gasteiger partial charge >= 0.3 is 51.4 Å². The van der Waals surface area contributed by atoms with E-state index in [1.54, 1.807) is 0 Å². The Morgan fingerprint density at radius 3 is 2.00 bits per heavy atom. The third-order valence-corrected chi connectivity index (χ3v) is 4.01. The molecular formula is C11H23KO4S. The van der Waals surface area contributed by atoms with E-state index in [0.717, 1.165) is 25.7 Å². The Bertz CT molecular complexity index is 254. The summed E-state index contributed by atoms with van der Waals surface area (Å²) in [5.41, 5.74) is 0. The molecule has 0 aliphatic heterocycles. The molecule has 1 unspecified atom stereocenters. The van der Waals surface area contributed by atoms with Crippen molar-refractivity contribution in [2.45, 2.75) is 63.5 Å². The van der Waals surface area contributed by atoms with Crippen molar-refractivity contribution in [3.8, 4) is 0 Å². The van der Waals surface area contributed by atoms with Crippen LogP contribution in [-0.4, -0.2) is 29.9 Å². The first-order valence-electron chi connectivity index (χ1n) is 6.08. The summed E-state index contributed by atoms with van der Waals surface area (Å²) in [5.74, 6) is 0. The van der Waals surface area contributed by atoms with Gasteiger partial charge in [0.25, 0.3) is 0 Å². The van der Waals surface area contributed by atoms with Crippen LogP contribution in [0.25, 0.3) is 0 Å². The van der Waals surface area contributed by atoms with Crippen molar-refractivity contribution in [2.75, 3.05) is 6.61 Å². The van der Waals surface area contributed by atoms with Gasteiger partial charge in [-0.25, -0.2) is 8.42 Å². The van der Waals surface area contributed by atoms with Crippen molar-refractivity contribution in [2.24, 2.45) is 0 Å². The van der Waals surface area contributed by atoms with Crippen molar-refractivity contribution < 1.29 is 69.5 Å².